The Bertz CT molecular complexity index is 1160. The Morgan fingerprint density at radius 2 is 1.69 bits per heavy atom. The summed E-state index contributed by atoms with van der Waals surface area (Å²) in [6.07, 6.45) is 3.53. The summed E-state index contributed by atoms with van der Waals surface area (Å²) in [5.74, 6) is -0.0990. The number of carbonyl (C=O) groups is 1. The lowest BCUT2D eigenvalue weighted by Gasteiger charge is -2.14. The summed E-state index contributed by atoms with van der Waals surface area (Å²) in [4.78, 5) is 19.2. The Labute approximate surface area is 174 Å². The number of nitrogens with one attached hydrogen (secondary N) is 1. The Balaban J connectivity index is 1.61. The van der Waals surface area contributed by atoms with Gasteiger partial charge in [-0.2, -0.15) is 0 Å². The van der Waals surface area contributed by atoms with E-state index in [4.69, 9.17) is 5.73 Å². The number of thiophene rings is 1. The summed E-state index contributed by atoms with van der Waals surface area (Å²) in [5.41, 5.74) is 11.9. The first-order valence-electron chi connectivity index (χ1n) is 9.77. The average molecular weight is 402 g/mol. The van der Waals surface area contributed by atoms with Crippen molar-refractivity contribution in [2.45, 2.75) is 26.7 Å². The van der Waals surface area contributed by atoms with Gasteiger partial charge in [-0.05, 0) is 53.8 Å². The number of amides is 1. The van der Waals surface area contributed by atoms with Crippen LogP contribution < -0.4 is 11.1 Å². The molecule has 4 nitrogen and oxygen atoms in total. The Morgan fingerprint density at radius 1 is 1.00 bits per heavy atom. The molecule has 4 aromatic rings. The second-order valence-electron chi connectivity index (χ2n) is 6.89. The van der Waals surface area contributed by atoms with Gasteiger partial charge in [0.1, 0.15) is 4.83 Å². The minimum atomic E-state index is -0.0990. The molecule has 0 bridgehead atoms. The van der Waals surface area contributed by atoms with Crippen molar-refractivity contribution in [1.82, 2.24) is 4.98 Å². The van der Waals surface area contributed by atoms with Gasteiger partial charge in [-0.1, -0.05) is 44.2 Å². The van der Waals surface area contributed by atoms with Crippen molar-refractivity contribution in [2.75, 3.05) is 11.1 Å². The smallest absolute Gasteiger partial charge is 0.255 e. The van der Waals surface area contributed by atoms with Crippen LogP contribution >= 0.6 is 11.3 Å². The molecule has 29 heavy (non-hydrogen) atoms. The fraction of sp³-hybridized carbons (Fsp3) is 0.167. The number of nitrogen functional groups attached to an aromatic ring is 1. The first-order valence-corrected chi connectivity index (χ1v) is 10.6. The zero-order valence-corrected chi connectivity index (χ0v) is 17.3. The second-order valence-corrected chi connectivity index (χ2v) is 7.89. The van der Waals surface area contributed by atoms with E-state index in [1.54, 1.807) is 17.5 Å². The van der Waals surface area contributed by atoms with Crippen molar-refractivity contribution >= 4 is 38.8 Å². The molecule has 0 spiro atoms. The fourth-order valence-corrected chi connectivity index (χ4v) is 4.60. The van der Waals surface area contributed by atoms with E-state index in [9.17, 15) is 4.79 Å². The van der Waals surface area contributed by atoms with Gasteiger partial charge >= 0.3 is 0 Å². The van der Waals surface area contributed by atoms with Gasteiger partial charge in [0.05, 0.1) is 10.6 Å². The highest BCUT2D eigenvalue weighted by Gasteiger charge is 2.14. The Hall–Kier alpha value is -3.18. The Morgan fingerprint density at radius 3 is 2.31 bits per heavy atom. The number of nitrogens with two attached hydrogens (primary N) is 1. The number of rotatable bonds is 5. The van der Waals surface area contributed by atoms with E-state index >= 15 is 0 Å². The zero-order chi connectivity index (χ0) is 20.4. The molecule has 0 atom stereocenters. The number of para-hydroxylation sites is 1. The van der Waals surface area contributed by atoms with Crippen molar-refractivity contribution in [3.63, 3.8) is 0 Å². The molecule has 2 aromatic carbocycles. The minimum absolute atomic E-state index is 0.0990. The zero-order valence-electron chi connectivity index (χ0n) is 16.5. The number of hydrogen-bond donors (Lipinski definition) is 2. The number of anilines is 2. The number of hydrogen-bond acceptors (Lipinski definition) is 4. The van der Waals surface area contributed by atoms with Crippen LogP contribution in [0.1, 0.15) is 35.3 Å². The van der Waals surface area contributed by atoms with Crippen molar-refractivity contribution in [2.24, 2.45) is 0 Å². The number of carbonyl (C=O) groups excluding carboxylic acids is 1. The van der Waals surface area contributed by atoms with Crippen LogP contribution in [0.3, 0.4) is 0 Å². The van der Waals surface area contributed by atoms with Gasteiger partial charge in [-0.3, -0.25) is 4.79 Å². The molecule has 4 rings (SSSR count). The van der Waals surface area contributed by atoms with Gasteiger partial charge < -0.3 is 11.1 Å². The molecule has 2 heterocycles. The van der Waals surface area contributed by atoms with Gasteiger partial charge in [-0.25, -0.2) is 4.98 Å². The Kier molecular flexibility index (Phi) is 5.32. The summed E-state index contributed by atoms with van der Waals surface area (Å²) in [5, 5.41) is 4.09. The predicted molar refractivity (Wildman–Crippen MR) is 123 cm³/mol. The summed E-state index contributed by atoms with van der Waals surface area (Å²) >= 11 is 1.57. The number of nitrogens with zero attached hydrogens (tertiary/aromatic N) is 1. The van der Waals surface area contributed by atoms with Crippen molar-refractivity contribution in [3.05, 3.63) is 77.5 Å². The van der Waals surface area contributed by atoms with Crippen LogP contribution in [0.25, 0.3) is 20.7 Å². The van der Waals surface area contributed by atoms with E-state index in [2.05, 4.69) is 36.3 Å². The largest absolute Gasteiger partial charge is 0.397 e. The maximum absolute atomic E-state index is 12.9. The van der Waals surface area contributed by atoms with Gasteiger partial charge in [0.15, 0.2) is 0 Å². The van der Waals surface area contributed by atoms with Gasteiger partial charge in [0.2, 0.25) is 0 Å². The van der Waals surface area contributed by atoms with E-state index in [-0.39, 0.29) is 5.91 Å². The molecule has 146 valence electrons. The van der Waals surface area contributed by atoms with Crippen LogP contribution in [-0.2, 0) is 12.8 Å². The van der Waals surface area contributed by atoms with Crippen LogP contribution in [0, 0.1) is 0 Å². The number of fused-ring (bicyclic) bond motifs is 1. The first-order chi connectivity index (χ1) is 14.1. The lowest BCUT2D eigenvalue weighted by molar-refractivity contribution is 0.102. The molecule has 1 amide bonds. The average Bonchev–Trinajstić information content (AvgIpc) is 3.10. The third kappa shape index (κ3) is 3.61. The maximum atomic E-state index is 12.9. The standard InChI is InChI=1S/C24H23N3OS/c1-3-15-7-5-8-16(4-2)21(15)27-23(28)18-12-10-17(11-13-18)22-20(25)19-9-6-14-26-24(19)29-22/h5-14H,3-4,25H2,1-2H3,(H,27,28). The van der Waals surface area contributed by atoms with E-state index in [1.807, 2.05) is 42.5 Å². The summed E-state index contributed by atoms with van der Waals surface area (Å²) < 4.78 is 0. The highest BCUT2D eigenvalue weighted by Crippen LogP contribution is 2.39. The van der Waals surface area contributed by atoms with Gasteiger partial charge in [0, 0.05) is 22.8 Å². The topological polar surface area (TPSA) is 68.0 Å². The molecule has 0 aliphatic carbocycles. The molecular weight excluding hydrogens is 378 g/mol. The van der Waals surface area contributed by atoms with Crippen LogP contribution in [-0.4, -0.2) is 10.9 Å². The van der Waals surface area contributed by atoms with Crippen LogP contribution in [0.4, 0.5) is 11.4 Å². The molecule has 0 aliphatic rings. The van der Waals surface area contributed by atoms with Gasteiger partial charge in [0.25, 0.3) is 5.91 Å². The molecular formula is C24H23N3OS. The van der Waals surface area contributed by atoms with E-state index in [0.29, 0.717) is 5.56 Å². The molecule has 0 fully saturated rings. The van der Waals surface area contributed by atoms with Crippen molar-refractivity contribution in [1.29, 1.82) is 0 Å². The predicted octanol–water partition coefficient (Wildman–Crippen LogP) is 5.92. The van der Waals surface area contributed by atoms with Crippen molar-refractivity contribution < 1.29 is 4.79 Å². The SMILES string of the molecule is CCc1cccc(CC)c1NC(=O)c1ccc(-c2sc3ncccc3c2N)cc1. The second kappa shape index (κ2) is 8.05. The molecule has 0 saturated heterocycles. The lowest BCUT2D eigenvalue weighted by atomic mass is 10.0. The third-order valence-corrected chi connectivity index (χ3v) is 6.33. The highest BCUT2D eigenvalue weighted by atomic mass is 32.1. The molecule has 0 radical (unpaired) electrons. The number of pyridine rings is 1. The quantitative estimate of drug-likeness (QED) is 0.436. The van der Waals surface area contributed by atoms with Crippen molar-refractivity contribution in [3.8, 4) is 10.4 Å². The number of aromatic nitrogens is 1. The summed E-state index contributed by atoms with van der Waals surface area (Å²) in [6, 6.07) is 17.6. The van der Waals surface area contributed by atoms with Gasteiger partial charge in [-0.15, -0.1) is 11.3 Å². The van der Waals surface area contributed by atoms with E-state index in [1.165, 1.54) is 0 Å². The molecule has 2 aromatic heterocycles. The maximum Gasteiger partial charge on any atom is 0.255 e. The fourth-order valence-electron chi connectivity index (χ4n) is 3.53. The summed E-state index contributed by atoms with van der Waals surface area (Å²) in [6.45, 7) is 4.20. The molecule has 0 saturated carbocycles. The number of aryl methyl sites for hydroxylation is 2. The highest BCUT2D eigenvalue weighted by molar-refractivity contribution is 7.22. The number of benzene rings is 2. The summed E-state index contributed by atoms with van der Waals surface area (Å²) in [7, 11) is 0. The first kappa shape index (κ1) is 19.2. The monoisotopic (exact) mass is 401 g/mol. The van der Waals surface area contributed by atoms with Crippen LogP contribution in [0.5, 0.6) is 0 Å². The van der Waals surface area contributed by atoms with E-state index in [0.717, 1.165) is 56.0 Å². The van der Waals surface area contributed by atoms with Crippen LogP contribution in [0.15, 0.2) is 60.8 Å². The molecule has 0 unspecified atom stereocenters. The molecule has 0 aliphatic heterocycles. The minimum Gasteiger partial charge on any atom is -0.397 e. The molecule has 3 N–H and O–H groups in total. The van der Waals surface area contributed by atoms with E-state index < -0.39 is 0 Å². The lowest BCUT2D eigenvalue weighted by Crippen LogP contribution is -2.14. The molecule has 5 heteroatoms. The normalized spacial score (nSPS) is 11.0. The van der Waals surface area contributed by atoms with Crippen LogP contribution in [0.2, 0.25) is 0 Å². The third-order valence-electron chi connectivity index (χ3n) is 5.15.